The van der Waals surface area contributed by atoms with E-state index in [2.05, 4.69) is 5.32 Å². The van der Waals surface area contributed by atoms with Crippen LogP contribution >= 0.6 is 0 Å². The molecule has 2 aromatic heterocycles. The molecule has 5 nitrogen and oxygen atoms in total. The van der Waals surface area contributed by atoms with Crippen LogP contribution in [0.1, 0.15) is 21.6 Å². The van der Waals surface area contributed by atoms with Crippen LogP contribution in [0.3, 0.4) is 0 Å². The minimum Gasteiger partial charge on any atom is -0.497 e. The summed E-state index contributed by atoms with van der Waals surface area (Å²) in [5.74, 6) is 0.262. The number of carbonyl (C=O) groups is 1. The number of alkyl halides is 3. The first-order valence-electron chi connectivity index (χ1n) is 10.9. The fourth-order valence-electron chi connectivity index (χ4n) is 4.32. The Balaban J connectivity index is 1.54. The van der Waals surface area contributed by atoms with Crippen molar-refractivity contribution < 1.29 is 22.7 Å². The minimum atomic E-state index is -4.45. The number of amides is 1. The van der Waals surface area contributed by atoms with Gasteiger partial charge in [0.25, 0.3) is 5.91 Å². The largest absolute Gasteiger partial charge is 0.497 e. The molecule has 0 aliphatic rings. The van der Waals surface area contributed by atoms with E-state index in [1.807, 2.05) is 42.1 Å². The number of ether oxygens (including phenoxy) is 1. The second-order valence-electron chi connectivity index (χ2n) is 8.39. The van der Waals surface area contributed by atoms with Gasteiger partial charge in [0.2, 0.25) is 0 Å². The quantitative estimate of drug-likeness (QED) is 0.316. The Morgan fingerprint density at radius 1 is 0.943 bits per heavy atom. The first kappa shape index (κ1) is 22.6. The van der Waals surface area contributed by atoms with E-state index in [1.165, 1.54) is 6.07 Å². The Hall–Kier alpha value is -4.20. The highest BCUT2D eigenvalue weighted by atomic mass is 19.4. The average molecular weight is 477 g/mol. The number of hydrogen-bond donors (Lipinski definition) is 1. The Morgan fingerprint density at radius 3 is 2.51 bits per heavy atom. The number of carbonyl (C=O) groups excluding carboxylic acids is 1. The highest BCUT2D eigenvalue weighted by Gasteiger charge is 2.30. The summed E-state index contributed by atoms with van der Waals surface area (Å²) in [7, 11) is 3.50. The van der Waals surface area contributed by atoms with Crippen molar-refractivity contribution in [3.63, 3.8) is 0 Å². The molecule has 3 aromatic carbocycles. The molecule has 5 aromatic rings. The number of halogens is 3. The van der Waals surface area contributed by atoms with Crippen LogP contribution in [0.5, 0.6) is 5.75 Å². The van der Waals surface area contributed by atoms with Crippen molar-refractivity contribution in [2.45, 2.75) is 12.7 Å². The monoisotopic (exact) mass is 477 g/mol. The van der Waals surface area contributed by atoms with Crippen molar-refractivity contribution in [1.29, 1.82) is 0 Å². The summed E-state index contributed by atoms with van der Waals surface area (Å²) < 4.78 is 48.8. The molecule has 5 rings (SSSR count). The summed E-state index contributed by atoms with van der Waals surface area (Å²) in [6.07, 6.45) is -2.50. The van der Waals surface area contributed by atoms with Crippen molar-refractivity contribution in [2.24, 2.45) is 7.05 Å². The molecule has 0 spiro atoms. The zero-order valence-corrected chi connectivity index (χ0v) is 19.1. The highest BCUT2D eigenvalue weighted by Crippen LogP contribution is 2.31. The third kappa shape index (κ3) is 4.35. The van der Waals surface area contributed by atoms with Gasteiger partial charge >= 0.3 is 6.18 Å². The van der Waals surface area contributed by atoms with Crippen LogP contribution in [0.2, 0.25) is 0 Å². The Bertz CT molecular complexity index is 1560. The molecule has 2 heterocycles. The van der Waals surface area contributed by atoms with Gasteiger partial charge in [0, 0.05) is 47.3 Å². The summed E-state index contributed by atoms with van der Waals surface area (Å²) in [5.41, 5.74) is 2.42. The molecule has 0 aliphatic heterocycles. The molecule has 0 fully saturated rings. The smallest absolute Gasteiger partial charge is 0.416 e. The number of aryl methyl sites for hydroxylation is 1. The van der Waals surface area contributed by atoms with E-state index in [-0.39, 0.29) is 12.5 Å². The average Bonchev–Trinajstić information content (AvgIpc) is 3.38. The predicted molar refractivity (Wildman–Crippen MR) is 130 cm³/mol. The third-order valence-electron chi connectivity index (χ3n) is 6.08. The van der Waals surface area contributed by atoms with E-state index in [0.29, 0.717) is 28.2 Å². The number of aromatic nitrogens is 2. The molecule has 178 valence electrons. The van der Waals surface area contributed by atoms with E-state index < -0.39 is 11.7 Å². The van der Waals surface area contributed by atoms with Gasteiger partial charge in [0.05, 0.1) is 12.7 Å². The maximum Gasteiger partial charge on any atom is 0.416 e. The molecule has 0 aliphatic carbocycles. The standard InChI is InChI=1S/C27H22F3N3O2/c1-32-11-10-18-13-21(6-8-23(18)32)31-26(34)25-15-19-14-22(35-2)7-9-24(19)33(25)16-17-4-3-5-20(12-17)27(28,29)30/h3-15H,16H2,1-2H3,(H,31,34). The molecule has 0 saturated heterocycles. The number of nitrogens with one attached hydrogen (secondary N) is 1. The van der Waals surface area contributed by atoms with Gasteiger partial charge < -0.3 is 19.2 Å². The molecule has 0 saturated carbocycles. The van der Waals surface area contributed by atoms with Crippen LogP contribution in [0.4, 0.5) is 18.9 Å². The van der Waals surface area contributed by atoms with Gasteiger partial charge in [-0.2, -0.15) is 13.2 Å². The lowest BCUT2D eigenvalue weighted by Crippen LogP contribution is -2.17. The zero-order valence-electron chi connectivity index (χ0n) is 19.1. The SMILES string of the molecule is COc1ccc2c(c1)cc(C(=O)Nc1ccc3c(ccn3C)c1)n2Cc1cccc(C(F)(F)F)c1. The van der Waals surface area contributed by atoms with Crippen LogP contribution in [0.15, 0.2) is 79.0 Å². The molecule has 1 N–H and O–H groups in total. The summed E-state index contributed by atoms with van der Waals surface area (Å²) >= 11 is 0. The minimum absolute atomic E-state index is 0.0974. The maximum atomic E-state index is 13.4. The van der Waals surface area contributed by atoms with Crippen molar-refractivity contribution >= 4 is 33.4 Å². The molecule has 8 heteroatoms. The molecular formula is C27H22F3N3O2. The van der Waals surface area contributed by atoms with Gasteiger partial charge in [-0.15, -0.1) is 0 Å². The van der Waals surface area contributed by atoms with Crippen LogP contribution in [0.25, 0.3) is 21.8 Å². The summed E-state index contributed by atoms with van der Waals surface area (Å²) in [5, 5.41) is 4.67. The number of nitrogens with zero attached hydrogens (tertiary/aromatic N) is 2. The fourth-order valence-corrected chi connectivity index (χ4v) is 4.32. The van der Waals surface area contributed by atoms with Crippen LogP contribution < -0.4 is 10.1 Å². The number of hydrogen-bond acceptors (Lipinski definition) is 2. The number of benzene rings is 3. The van der Waals surface area contributed by atoms with Crippen molar-refractivity contribution in [1.82, 2.24) is 9.13 Å². The number of anilines is 1. The number of rotatable bonds is 5. The van der Waals surface area contributed by atoms with Crippen molar-refractivity contribution in [3.05, 3.63) is 95.8 Å². The number of methoxy groups -OCH3 is 1. The molecular weight excluding hydrogens is 455 g/mol. The van der Waals surface area contributed by atoms with Gasteiger partial charge in [0.15, 0.2) is 0 Å². The Kier molecular flexibility index (Phi) is 5.51. The first-order chi connectivity index (χ1) is 16.7. The topological polar surface area (TPSA) is 48.2 Å². The zero-order chi connectivity index (χ0) is 24.7. The van der Waals surface area contributed by atoms with E-state index in [4.69, 9.17) is 4.74 Å². The Morgan fingerprint density at radius 2 is 1.74 bits per heavy atom. The van der Waals surface area contributed by atoms with Gasteiger partial charge in [-0.25, -0.2) is 0 Å². The fraction of sp³-hybridized carbons (Fsp3) is 0.148. The van der Waals surface area contributed by atoms with Crippen LogP contribution in [0, 0.1) is 0 Å². The van der Waals surface area contributed by atoms with E-state index in [0.717, 1.165) is 28.4 Å². The highest BCUT2D eigenvalue weighted by molar-refractivity contribution is 6.07. The van der Waals surface area contributed by atoms with Gasteiger partial charge in [-0.05, 0) is 66.2 Å². The van der Waals surface area contributed by atoms with E-state index in [1.54, 1.807) is 42.0 Å². The molecule has 1 amide bonds. The van der Waals surface area contributed by atoms with Crippen molar-refractivity contribution in [2.75, 3.05) is 12.4 Å². The van der Waals surface area contributed by atoms with Gasteiger partial charge in [0.1, 0.15) is 11.4 Å². The second-order valence-corrected chi connectivity index (χ2v) is 8.39. The van der Waals surface area contributed by atoms with Gasteiger partial charge in [-0.3, -0.25) is 4.79 Å². The third-order valence-corrected chi connectivity index (χ3v) is 6.08. The lowest BCUT2D eigenvalue weighted by atomic mass is 10.1. The van der Waals surface area contributed by atoms with Gasteiger partial charge in [-0.1, -0.05) is 12.1 Å². The van der Waals surface area contributed by atoms with Crippen molar-refractivity contribution in [3.8, 4) is 5.75 Å². The molecule has 0 unspecified atom stereocenters. The number of fused-ring (bicyclic) bond motifs is 2. The molecule has 0 atom stereocenters. The molecule has 0 bridgehead atoms. The first-order valence-corrected chi connectivity index (χ1v) is 10.9. The normalized spacial score (nSPS) is 11.8. The maximum absolute atomic E-state index is 13.4. The predicted octanol–water partition coefficient (Wildman–Crippen LogP) is 6.46. The molecule has 35 heavy (non-hydrogen) atoms. The summed E-state index contributed by atoms with van der Waals surface area (Å²) in [4.78, 5) is 13.4. The summed E-state index contributed by atoms with van der Waals surface area (Å²) in [6, 6.07) is 19.8. The Labute approximate surface area is 199 Å². The van der Waals surface area contributed by atoms with Crippen LogP contribution in [-0.4, -0.2) is 22.2 Å². The molecule has 0 radical (unpaired) electrons. The lowest BCUT2D eigenvalue weighted by molar-refractivity contribution is -0.137. The summed E-state index contributed by atoms with van der Waals surface area (Å²) in [6.45, 7) is 0.0974. The van der Waals surface area contributed by atoms with Crippen LogP contribution in [-0.2, 0) is 19.8 Å². The second kappa shape index (κ2) is 8.54. The van der Waals surface area contributed by atoms with E-state index >= 15 is 0 Å². The lowest BCUT2D eigenvalue weighted by Gasteiger charge is -2.13. The van der Waals surface area contributed by atoms with E-state index in [9.17, 15) is 18.0 Å².